The maximum Gasteiger partial charge on any atom is 0.325 e. The van der Waals surface area contributed by atoms with Crippen molar-refractivity contribution < 1.29 is 27.5 Å². The Morgan fingerprint density at radius 2 is 1.74 bits per heavy atom. The second kappa shape index (κ2) is 8.12. The van der Waals surface area contributed by atoms with E-state index in [0.29, 0.717) is 11.4 Å². The molecule has 10 heteroatoms. The number of esters is 1. The van der Waals surface area contributed by atoms with Crippen molar-refractivity contribution in [3.05, 3.63) is 59.7 Å². The minimum Gasteiger partial charge on any atom is -0.454 e. The molecule has 2 aliphatic heterocycles. The molecule has 0 bridgehead atoms. The molecule has 0 unspecified atom stereocenters. The molecule has 2 aromatic carbocycles. The Labute approximate surface area is 179 Å². The van der Waals surface area contributed by atoms with E-state index >= 15 is 0 Å². The average Bonchev–Trinajstić information content (AvgIpc) is 2.75. The monoisotopic (exact) mass is 443 g/mol. The van der Waals surface area contributed by atoms with Crippen LogP contribution in [0, 0.1) is 0 Å². The summed E-state index contributed by atoms with van der Waals surface area (Å²) in [5, 5.41) is 2.68. The summed E-state index contributed by atoms with van der Waals surface area (Å²) in [6.07, 6.45) is 1.20. The number of anilines is 2. The van der Waals surface area contributed by atoms with Gasteiger partial charge in [0.1, 0.15) is 12.6 Å². The number of sulfonamides is 1. The molecule has 1 N–H and O–H groups in total. The van der Waals surface area contributed by atoms with Crippen LogP contribution in [0.25, 0.3) is 0 Å². The second-order valence-corrected chi connectivity index (χ2v) is 9.38. The minimum absolute atomic E-state index is 0.0579. The molecule has 2 aliphatic rings. The normalized spacial score (nSPS) is 18.5. The lowest BCUT2D eigenvalue weighted by atomic mass is 9.96. The molecule has 0 fully saturated rings. The van der Waals surface area contributed by atoms with Crippen molar-refractivity contribution in [2.24, 2.45) is 0 Å². The number of carbonyl (C=O) groups is 3. The Bertz CT molecular complexity index is 1160. The Hall–Kier alpha value is -3.24. The van der Waals surface area contributed by atoms with E-state index in [1.807, 2.05) is 24.3 Å². The first-order chi connectivity index (χ1) is 14.7. The van der Waals surface area contributed by atoms with E-state index in [1.54, 1.807) is 24.3 Å². The van der Waals surface area contributed by atoms with Gasteiger partial charge in [0, 0.05) is 13.0 Å². The molecule has 0 aliphatic carbocycles. The number of rotatable bonds is 4. The van der Waals surface area contributed by atoms with Gasteiger partial charge in [-0.25, -0.2) is 8.42 Å². The molecule has 0 aromatic heterocycles. The van der Waals surface area contributed by atoms with Gasteiger partial charge in [-0.05, 0) is 23.3 Å². The number of hydrogen-bond acceptors (Lipinski definition) is 6. The lowest BCUT2D eigenvalue weighted by molar-refractivity contribution is -0.152. The highest BCUT2D eigenvalue weighted by Crippen LogP contribution is 2.29. The van der Waals surface area contributed by atoms with Gasteiger partial charge in [0.2, 0.25) is 15.9 Å². The number of nitrogens with one attached hydrogen (secondary N) is 1. The smallest absolute Gasteiger partial charge is 0.325 e. The zero-order chi connectivity index (χ0) is 22.2. The SMILES string of the molecule is CS(=O)(=O)N1Cc2ccccc2C[C@@H]1C(=O)OCC(=O)N1CC(=O)Nc2ccccc21. The maximum atomic E-state index is 12.8. The number of nitrogens with zero attached hydrogens (tertiary/aromatic N) is 2. The first-order valence-corrected chi connectivity index (χ1v) is 11.5. The first-order valence-electron chi connectivity index (χ1n) is 9.63. The van der Waals surface area contributed by atoms with Crippen molar-refractivity contribution in [2.45, 2.75) is 19.0 Å². The van der Waals surface area contributed by atoms with Gasteiger partial charge in [0.15, 0.2) is 6.61 Å². The van der Waals surface area contributed by atoms with Gasteiger partial charge >= 0.3 is 5.97 Å². The average molecular weight is 443 g/mol. The number of hydrogen-bond donors (Lipinski definition) is 1. The molecule has 2 heterocycles. The summed E-state index contributed by atoms with van der Waals surface area (Å²) in [6.45, 7) is -0.738. The molecule has 2 aromatic rings. The van der Waals surface area contributed by atoms with Crippen molar-refractivity contribution in [2.75, 3.05) is 29.6 Å². The van der Waals surface area contributed by atoms with Gasteiger partial charge in [-0.15, -0.1) is 0 Å². The van der Waals surface area contributed by atoms with E-state index in [0.717, 1.165) is 21.7 Å². The van der Waals surface area contributed by atoms with Crippen LogP contribution in [0.1, 0.15) is 11.1 Å². The quantitative estimate of drug-likeness (QED) is 0.703. The van der Waals surface area contributed by atoms with E-state index in [4.69, 9.17) is 4.74 Å². The van der Waals surface area contributed by atoms with Crippen LogP contribution in [0.5, 0.6) is 0 Å². The molecule has 0 saturated heterocycles. The fraction of sp³-hybridized carbons (Fsp3) is 0.286. The zero-order valence-electron chi connectivity index (χ0n) is 16.8. The second-order valence-electron chi connectivity index (χ2n) is 7.45. The number of para-hydroxylation sites is 2. The van der Waals surface area contributed by atoms with Crippen molar-refractivity contribution in [1.29, 1.82) is 0 Å². The molecule has 4 rings (SSSR count). The van der Waals surface area contributed by atoms with Crippen LogP contribution >= 0.6 is 0 Å². The number of fused-ring (bicyclic) bond motifs is 2. The van der Waals surface area contributed by atoms with Gasteiger partial charge in [0.25, 0.3) is 5.91 Å². The van der Waals surface area contributed by atoms with Crippen LogP contribution < -0.4 is 10.2 Å². The molecule has 9 nitrogen and oxygen atoms in total. The Morgan fingerprint density at radius 1 is 1.06 bits per heavy atom. The van der Waals surface area contributed by atoms with Gasteiger partial charge in [-0.3, -0.25) is 19.3 Å². The zero-order valence-corrected chi connectivity index (χ0v) is 17.6. The van der Waals surface area contributed by atoms with Crippen LogP contribution in [-0.2, 0) is 42.1 Å². The fourth-order valence-electron chi connectivity index (χ4n) is 3.81. The van der Waals surface area contributed by atoms with Gasteiger partial charge in [-0.2, -0.15) is 4.31 Å². The standard InChI is InChI=1S/C21H21N3O6S/c1-31(28,29)24-11-15-7-3-2-6-14(15)10-18(24)21(27)30-13-20(26)23-12-19(25)22-16-8-4-5-9-17(16)23/h2-9,18H,10-13H2,1H3,(H,22,25)/t18-/m1/s1. The van der Waals surface area contributed by atoms with Gasteiger partial charge in [-0.1, -0.05) is 36.4 Å². The maximum absolute atomic E-state index is 12.8. The largest absolute Gasteiger partial charge is 0.454 e. The number of carbonyl (C=O) groups excluding carboxylic acids is 3. The molecule has 0 radical (unpaired) electrons. The molecule has 0 saturated carbocycles. The van der Waals surface area contributed by atoms with E-state index in [1.165, 1.54) is 4.90 Å². The van der Waals surface area contributed by atoms with Crippen LogP contribution in [0.3, 0.4) is 0 Å². The highest BCUT2D eigenvalue weighted by atomic mass is 32.2. The van der Waals surface area contributed by atoms with Crippen LogP contribution in [0.2, 0.25) is 0 Å². The Kier molecular flexibility index (Phi) is 5.50. The number of benzene rings is 2. The van der Waals surface area contributed by atoms with Gasteiger partial charge < -0.3 is 10.1 Å². The lowest BCUT2D eigenvalue weighted by Gasteiger charge is -2.33. The lowest BCUT2D eigenvalue weighted by Crippen LogP contribution is -2.50. The van der Waals surface area contributed by atoms with Crippen molar-refractivity contribution in [3.8, 4) is 0 Å². The molecule has 0 spiro atoms. The predicted molar refractivity (Wildman–Crippen MR) is 113 cm³/mol. The first kappa shape index (κ1) is 21.0. The van der Waals surface area contributed by atoms with Crippen molar-refractivity contribution in [3.63, 3.8) is 0 Å². The summed E-state index contributed by atoms with van der Waals surface area (Å²) < 4.78 is 30.8. The summed E-state index contributed by atoms with van der Waals surface area (Å²) in [5.74, 6) is -1.73. The third-order valence-corrected chi connectivity index (χ3v) is 6.55. The summed E-state index contributed by atoms with van der Waals surface area (Å²) >= 11 is 0. The van der Waals surface area contributed by atoms with Gasteiger partial charge in [0.05, 0.1) is 17.6 Å². The van der Waals surface area contributed by atoms with E-state index < -0.39 is 34.5 Å². The summed E-state index contributed by atoms with van der Waals surface area (Å²) in [5.41, 5.74) is 2.68. The molecular weight excluding hydrogens is 422 g/mol. The van der Waals surface area contributed by atoms with E-state index in [2.05, 4.69) is 5.32 Å². The van der Waals surface area contributed by atoms with Crippen LogP contribution in [-0.4, -0.2) is 56.0 Å². The summed E-state index contributed by atoms with van der Waals surface area (Å²) in [7, 11) is -3.68. The summed E-state index contributed by atoms with van der Waals surface area (Å²) in [4.78, 5) is 38.6. The van der Waals surface area contributed by atoms with E-state index in [9.17, 15) is 22.8 Å². The van der Waals surface area contributed by atoms with Crippen molar-refractivity contribution in [1.82, 2.24) is 4.31 Å². The number of amides is 2. The third kappa shape index (κ3) is 4.30. The summed E-state index contributed by atoms with van der Waals surface area (Å²) in [6, 6.07) is 13.0. The van der Waals surface area contributed by atoms with Crippen LogP contribution in [0.4, 0.5) is 11.4 Å². The molecular formula is C21H21N3O6S. The Morgan fingerprint density at radius 3 is 2.48 bits per heavy atom. The van der Waals surface area contributed by atoms with Crippen LogP contribution in [0.15, 0.2) is 48.5 Å². The molecule has 2 amide bonds. The predicted octanol–water partition coefficient (Wildman–Crippen LogP) is 0.901. The van der Waals surface area contributed by atoms with Crippen molar-refractivity contribution >= 4 is 39.2 Å². The highest BCUT2D eigenvalue weighted by molar-refractivity contribution is 7.88. The third-order valence-electron chi connectivity index (χ3n) is 5.31. The fourth-order valence-corrected chi connectivity index (χ4v) is 4.81. The molecule has 162 valence electrons. The number of ether oxygens (including phenoxy) is 1. The topological polar surface area (TPSA) is 113 Å². The molecule has 1 atom stereocenters. The highest BCUT2D eigenvalue weighted by Gasteiger charge is 2.38. The molecule has 31 heavy (non-hydrogen) atoms. The van der Waals surface area contributed by atoms with E-state index in [-0.39, 0.29) is 25.4 Å². The minimum atomic E-state index is -3.68. The Balaban J connectivity index is 1.49.